The molecule has 2 aromatic carbocycles. The fourth-order valence-corrected chi connectivity index (χ4v) is 4.38. The van der Waals surface area contributed by atoms with Crippen LogP contribution in [-0.4, -0.2) is 35.4 Å². The molecule has 0 unspecified atom stereocenters. The summed E-state index contributed by atoms with van der Waals surface area (Å²) in [5.41, 5.74) is 1.71. The smallest absolute Gasteiger partial charge is 0.261 e. The molecule has 1 saturated carbocycles. The van der Waals surface area contributed by atoms with Crippen LogP contribution in [0.5, 0.6) is 5.75 Å². The first-order valence-corrected chi connectivity index (χ1v) is 11.8. The van der Waals surface area contributed by atoms with E-state index in [4.69, 9.17) is 27.9 Å². The molecule has 0 heterocycles. The number of rotatable bonds is 8. The van der Waals surface area contributed by atoms with Gasteiger partial charge in [0.05, 0.1) is 0 Å². The van der Waals surface area contributed by atoms with Gasteiger partial charge in [0.15, 0.2) is 6.61 Å². The van der Waals surface area contributed by atoms with Gasteiger partial charge in [-0.1, -0.05) is 66.2 Å². The van der Waals surface area contributed by atoms with Crippen molar-refractivity contribution in [3.8, 4) is 5.75 Å². The van der Waals surface area contributed by atoms with E-state index in [9.17, 15) is 9.59 Å². The number of carbonyl (C=O) groups is 2. The number of nitrogens with one attached hydrogen (secondary N) is 1. The summed E-state index contributed by atoms with van der Waals surface area (Å²) in [7, 11) is 0. The van der Waals surface area contributed by atoms with Gasteiger partial charge in [-0.05, 0) is 51.0 Å². The summed E-state index contributed by atoms with van der Waals surface area (Å²) in [5, 5.41) is 4.02. The second-order valence-corrected chi connectivity index (χ2v) is 9.16. The van der Waals surface area contributed by atoms with E-state index in [-0.39, 0.29) is 31.0 Å². The van der Waals surface area contributed by atoms with Gasteiger partial charge in [-0.25, -0.2) is 0 Å². The maximum Gasteiger partial charge on any atom is 0.261 e. The lowest BCUT2D eigenvalue weighted by Crippen LogP contribution is -2.51. The molecule has 5 nitrogen and oxygen atoms in total. The fourth-order valence-electron chi connectivity index (χ4n) is 3.87. The quantitative estimate of drug-likeness (QED) is 0.543. The molecular formula is C25H30Cl2N2O3. The summed E-state index contributed by atoms with van der Waals surface area (Å²) in [6, 6.07) is 12.1. The minimum Gasteiger partial charge on any atom is -0.484 e. The molecule has 0 spiro atoms. The minimum absolute atomic E-state index is 0.119. The Morgan fingerprint density at radius 1 is 1.06 bits per heavy atom. The van der Waals surface area contributed by atoms with Crippen LogP contribution in [0.3, 0.4) is 0 Å². The van der Waals surface area contributed by atoms with Crippen molar-refractivity contribution < 1.29 is 14.3 Å². The van der Waals surface area contributed by atoms with Gasteiger partial charge in [0, 0.05) is 28.2 Å². The predicted molar refractivity (Wildman–Crippen MR) is 128 cm³/mol. The third kappa shape index (κ3) is 6.63. The molecule has 1 aliphatic rings. The standard InChI is InChI=1S/C25H30Cl2N2O3/c1-17-11-13-20(14-12-17)32-16-24(30)29(15-21-22(26)9-6-10-23(21)27)18(2)25(31)28-19-7-4-3-5-8-19/h6,9-14,18-19H,3-5,7-8,15-16H2,1-2H3,(H,28,31)/t18-/m1/s1. The topological polar surface area (TPSA) is 58.6 Å². The molecule has 2 amide bonds. The summed E-state index contributed by atoms with van der Waals surface area (Å²) >= 11 is 12.7. The van der Waals surface area contributed by atoms with Crippen molar-refractivity contribution in [2.45, 2.75) is 64.6 Å². The largest absolute Gasteiger partial charge is 0.484 e. The highest BCUT2D eigenvalue weighted by Gasteiger charge is 2.29. The maximum atomic E-state index is 13.2. The molecule has 0 radical (unpaired) electrons. The van der Waals surface area contributed by atoms with E-state index in [2.05, 4.69) is 5.32 Å². The lowest BCUT2D eigenvalue weighted by Gasteiger charge is -2.31. The first-order valence-electron chi connectivity index (χ1n) is 11.1. The summed E-state index contributed by atoms with van der Waals surface area (Å²) in [6.07, 6.45) is 5.37. The minimum atomic E-state index is -0.696. The van der Waals surface area contributed by atoms with Crippen molar-refractivity contribution in [2.75, 3.05) is 6.61 Å². The van der Waals surface area contributed by atoms with Crippen LogP contribution in [0, 0.1) is 6.92 Å². The van der Waals surface area contributed by atoms with Crippen LogP contribution in [0.15, 0.2) is 42.5 Å². The van der Waals surface area contributed by atoms with Gasteiger partial charge in [0.25, 0.3) is 5.91 Å². The van der Waals surface area contributed by atoms with Gasteiger partial charge in [0.1, 0.15) is 11.8 Å². The van der Waals surface area contributed by atoms with Gasteiger partial charge in [-0.2, -0.15) is 0 Å². The summed E-state index contributed by atoms with van der Waals surface area (Å²) in [4.78, 5) is 27.7. The average Bonchev–Trinajstić information content (AvgIpc) is 2.78. The van der Waals surface area contributed by atoms with E-state index in [0.717, 1.165) is 31.2 Å². The molecular weight excluding hydrogens is 447 g/mol. The van der Waals surface area contributed by atoms with E-state index < -0.39 is 6.04 Å². The molecule has 0 aromatic heterocycles. The Morgan fingerprint density at radius 2 is 1.69 bits per heavy atom. The Bertz CT molecular complexity index is 907. The Balaban J connectivity index is 1.75. The van der Waals surface area contributed by atoms with Crippen LogP contribution in [0.4, 0.5) is 0 Å². The molecule has 1 fully saturated rings. The monoisotopic (exact) mass is 476 g/mol. The highest BCUT2D eigenvalue weighted by Crippen LogP contribution is 2.27. The van der Waals surface area contributed by atoms with Crippen molar-refractivity contribution >= 4 is 35.0 Å². The molecule has 2 aromatic rings. The number of aryl methyl sites for hydroxylation is 1. The highest BCUT2D eigenvalue weighted by atomic mass is 35.5. The van der Waals surface area contributed by atoms with E-state index in [1.807, 2.05) is 31.2 Å². The lowest BCUT2D eigenvalue weighted by molar-refractivity contribution is -0.142. The molecule has 1 atom stereocenters. The normalized spacial score (nSPS) is 15.1. The second kappa shape index (κ2) is 11.6. The SMILES string of the molecule is Cc1ccc(OCC(=O)N(Cc2c(Cl)cccc2Cl)[C@H](C)C(=O)NC2CCCCC2)cc1. The first kappa shape index (κ1) is 24.4. The van der Waals surface area contributed by atoms with Crippen molar-refractivity contribution in [3.63, 3.8) is 0 Å². The third-order valence-electron chi connectivity index (χ3n) is 5.89. The lowest BCUT2D eigenvalue weighted by atomic mass is 9.95. The number of halogens is 2. The molecule has 32 heavy (non-hydrogen) atoms. The van der Waals surface area contributed by atoms with Crippen molar-refractivity contribution in [1.82, 2.24) is 10.2 Å². The van der Waals surface area contributed by atoms with Crippen molar-refractivity contribution in [3.05, 3.63) is 63.6 Å². The molecule has 1 N–H and O–H groups in total. The zero-order chi connectivity index (χ0) is 23.1. The molecule has 1 aliphatic carbocycles. The number of hydrogen-bond donors (Lipinski definition) is 1. The highest BCUT2D eigenvalue weighted by molar-refractivity contribution is 6.36. The Kier molecular flexibility index (Phi) is 8.83. The molecule has 0 aliphatic heterocycles. The Hall–Kier alpha value is -2.24. The number of benzene rings is 2. The molecule has 0 saturated heterocycles. The van der Waals surface area contributed by atoms with Crippen LogP contribution in [0.2, 0.25) is 10.0 Å². The number of carbonyl (C=O) groups excluding carboxylic acids is 2. The Labute approximate surface area is 200 Å². The number of ether oxygens (including phenoxy) is 1. The van der Waals surface area contributed by atoms with Crippen LogP contribution in [0.1, 0.15) is 50.2 Å². The molecule has 3 rings (SSSR count). The van der Waals surface area contributed by atoms with E-state index in [0.29, 0.717) is 21.4 Å². The van der Waals surface area contributed by atoms with E-state index >= 15 is 0 Å². The van der Waals surface area contributed by atoms with Gasteiger partial charge in [-0.3, -0.25) is 9.59 Å². The zero-order valence-electron chi connectivity index (χ0n) is 18.6. The fraction of sp³-hybridized carbons (Fsp3) is 0.440. The second-order valence-electron chi connectivity index (χ2n) is 8.34. The van der Waals surface area contributed by atoms with Gasteiger partial charge < -0.3 is 15.0 Å². The van der Waals surface area contributed by atoms with Crippen molar-refractivity contribution in [1.29, 1.82) is 0 Å². The van der Waals surface area contributed by atoms with Crippen LogP contribution >= 0.6 is 23.2 Å². The first-order chi connectivity index (χ1) is 15.3. The van der Waals surface area contributed by atoms with Gasteiger partial charge in [-0.15, -0.1) is 0 Å². The van der Waals surface area contributed by atoms with E-state index in [1.54, 1.807) is 25.1 Å². The summed E-state index contributed by atoms with van der Waals surface area (Å²) in [5.74, 6) is 0.107. The zero-order valence-corrected chi connectivity index (χ0v) is 20.1. The molecule has 7 heteroatoms. The summed E-state index contributed by atoms with van der Waals surface area (Å²) < 4.78 is 5.69. The Morgan fingerprint density at radius 3 is 2.31 bits per heavy atom. The summed E-state index contributed by atoms with van der Waals surface area (Å²) in [6.45, 7) is 3.64. The molecule has 0 bridgehead atoms. The predicted octanol–water partition coefficient (Wildman–Crippen LogP) is 5.55. The third-order valence-corrected chi connectivity index (χ3v) is 6.60. The number of nitrogens with zero attached hydrogens (tertiary/aromatic N) is 1. The average molecular weight is 477 g/mol. The van der Waals surface area contributed by atoms with Crippen LogP contribution in [-0.2, 0) is 16.1 Å². The maximum absolute atomic E-state index is 13.2. The van der Waals surface area contributed by atoms with Gasteiger partial charge in [0.2, 0.25) is 5.91 Å². The van der Waals surface area contributed by atoms with Crippen molar-refractivity contribution in [2.24, 2.45) is 0 Å². The van der Waals surface area contributed by atoms with Crippen LogP contribution in [0.25, 0.3) is 0 Å². The van der Waals surface area contributed by atoms with Gasteiger partial charge >= 0.3 is 0 Å². The van der Waals surface area contributed by atoms with Crippen LogP contribution < -0.4 is 10.1 Å². The van der Waals surface area contributed by atoms with E-state index in [1.165, 1.54) is 11.3 Å². The molecule has 172 valence electrons. The number of amides is 2. The number of hydrogen-bond acceptors (Lipinski definition) is 3.